The molecule has 2 aromatic carbocycles. The van der Waals surface area contributed by atoms with Gasteiger partial charge < -0.3 is 10.1 Å². The molecule has 4 rings (SSSR count). The maximum atomic E-state index is 13.4. The number of esters is 1. The van der Waals surface area contributed by atoms with E-state index in [2.05, 4.69) is 5.32 Å². The first-order valence-corrected chi connectivity index (χ1v) is 10.5. The topological polar surface area (TPSA) is 125 Å². The first kappa shape index (κ1) is 22.7. The number of ether oxygens (including phenoxy) is 1. The minimum atomic E-state index is -1.15. The van der Waals surface area contributed by atoms with Crippen LogP contribution < -0.4 is 16.6 Å². The quantitative estimate of drug-likeness (QED) is 0.351. The second-order valence-electron chi connectivity index (χ2n) is 7.72. The third-order valence-electron chi connectivity index (χ3n) is 5.79. The van der Waals surface area contributed by atoms with E-state index in [1.807, 2.05) is 0 Å². The summed E-state index contributed by atoms with van der Waals surface area (Å²) in [6.07, 6.45) is 0. The number of para-hydroxylation sites is 1. The number of hydrogen-bond acceptors (Lipinski definition) is 7. The highest BCUT2D eigenvalue weighted by Gasteiger charge is 2.41. The zero-order valence-corrected chi connectivity index (χ0v) is 18.8. The Morgan fingerprint density at radius 3 is 2.35 bits per heavy atom. The lowest BCUT2D eigenvalue weighted by atomic mass is 9.80. The summed E-state index contributed by atoms with van der Waals surface area (Å²) in [4.78, 5) is 50.8. The lowest BCUT2D eigenvalue weighted by Gasteiger charge is -2.31. The number of hydrogen-bond donors (Lipinski definition) is 1. The molecule has 1 unspecified atom stereocenters. The Morgan fingerprint density at radius 1 is 1.06 bits per heavy atom. The Balaban J connectivity index is 2.19. The number of nitro groups is 1. The van der Waals surface area contributed by atoms with Crippen LogP contribution in [0.4, 0.5) is 11.5 Å². The van der Waals surface area contributed by atoms with Gasteiger partial charge in [0.05, 0.1) is 34.3 Å². The Labute approximate surface area is 193 Å². The smallest absolute Gasteiger partial charge is 0.337 e. The van der Waals surface area contributed by atoms with E-state index in [-0.39, 0.29) is 34.8 Å². The predicted octanol–water partition coefficient (Wildman–Crippen LogP) is 2.52. The van der Waals surface area contributed by atoms with Crippen LogP contribution in [0.5, 0.6) is 0 Å². The molecule has 0 saturated heterocycles. The molecule has 10 nitrogen and oxygen atoms in total. The van der Waals surface area contributed by atoms with E-state index in [1.165, 1.54) is 36.9 Å². The molecule has 0 spiro atoms. The first-order chi connectivity index (χ1) is 16.3. The monoisotopic (exact) mass is 462 g/mol. The number of rotatable bonds is 5. The second-order valence-corrected chi connectivity index (χ2v) is 7.72. The summed E-state index contributed by atoms with van der Waals surface area (Å²) >= 11 is 0. The molecule has 0 aliphatic carbocycles. The van der Waals surface area contributed by atoms with Gasteiger partial charge in [0.25, 0.3) is 11.2 Å². The van der Waals surface area contributed by atoms with Crippen molar-refractivity contribution in [1.29, 1.82) is 0 Å². The van der Waals surface area contributed by atoms with Crippen LogP contribution >= 0.6 is 0 Å². The molecule has 174 valence electrons. The molecule has 1 N–H and O–H groups in total. The van der Waals surface area contributed by atoms with Crippen LogP contribution in [0.3, 0.4) is 0 Å². The molecule has 10 heteroatoms. The summed E-state index contributed by atoms with van der Waals surface area (Å²) in [6.45, 7) is 1.71. The molecule has 1 aliphatic rings. The fourth-order valence-corrected chi connectivity index (χ4v) is 4.23. The van der Waals surface area contributed by atoms with Gasteiger partial charge in [-0.25, -0.2) is 9.59 Å². The van der Waals surface area contributed by atoms with E-state index in [9.17, 15) is 24.5 Å². The molecule has 0 fully saturated rings. The number of anilines is 1. The maximum absolute atomic E-state index is 13.4. The lowest BCUT2D eigenvalue weighted by molar-refractivity contribution is -0.385. The number of carbonyl (C=O) groups is 1. The number of benzene rings is 2. The van der Waals surface area contributed by atoms with Crippen molar-refractivity contribution >= 4 is 23.2 Å². The lowest BCUT2D eigenvalue weighted by Crippen LogP contribution is -2.43. The summed E-state index contributed by atoms with van der Waals surface area (Å²) in [5, 5.41) is 15.0. The van der Waals surface area contributed by atoms with Crippen molar-refractivity contribution in [3.63, 3.8) is 0 Å². The Hall–Kier alpha value is -4.47. The molecular weight excluding hydrogens is 440 g/mol. The number of nitro benzene ring substituents is 1. The van der Waals surface area contributed by atoms with Gasteiger partial charge in [-0.15, -0.1) is 0 Å². The molecule has 1 aliphatic heterocycles. The van der Waals surface area contributed by atoms with Gasteiger partial charge >= 0.3 is 11.7 Å². The largest absolute Gasteiger partial charge is 0.463 e. The van der Waals surface area contributed by atoms with Gasteiger partial charge in [0.1, 0.15) is 5.82 Å². The van der Waals surface area contributed by atoms with E-state index in [1.54, 1.807) is 43.3 Å². The van der Waals surface area contributed by atoms with E-state index >= 15 is 0 Å². The molecule has 0 amide bonds. The Bertz CT molecular complexity index is 1450. The van der Waals surface area contributed by atoms with Crippen LogP contribution in [-0.4, -0.2) is 26.6 Å². The molecule has 0 saturated carbocycles. The van der Waals surface area contributed by atoms with Crippen LogP contribution in [0.1, 0.15) is 29.5 Å². The Kier molecular flexibility index (Phi) is 5.89. The van der Waals surface area contributed by atoms with Crippen LogP contribution in [-0.2, 0) is 23.6 Å². The summed E-state index contributed by atoms with van der Waals surface area (Å²) in [7, 11) is 2.81. The highest BCUT2D eigenvalue weighted by atomic mass is 16.6. The highest BCUT2D eigenvalue weighted by molar-refractivity contribution is 6.04. The van der Waals surface area contributed by atoms with Crippen molar-refractivity contribution < 1.29 is 14.5 Å². The average Bonchev–Trinajstić information content (AvgIpc) is 2.85. The molecule has 0 radical (unpaired) electrons. The number of fused-ring (bicyclic) bond motifs is 1. The van der Waals surface area contributed by atoms with Crippen LogP contribution in [0, 0.1) is 10.1 Å². The minimum Gasteiger partial charge on any atom is -0.463 e. The van der Waals surface area contributed by atoms with Gasteiger partial charge in [-0.2, -0.15) is 0 Å². The van der Waals surface area contributed by atoms with Crippen LogP contribution in [0.15, 0.2) is 69.8 Å². The summed E-state index contributed by atoms with van der Waals surface area (Å²) in [5.41, 5.74) is -0.377. The number of aromatic nitrogens is 2. The van der Waals surface area contributed by atoms with Gasteiger partial charge in [-0.3, -0.25) is 24.0 Å². The fraction of sp³-hybridized carbons (Fsp3) is 0.208. The number of carbonyl (C=O) groups excluding carboxylic acids is 1. The fourth-order valence-electron chi connectivity index (χ4n) is 4.23. The normalized spacial score (nSPS) is 14.9. The van der Waals surface area contributed by atoms with Crippen molar-refractivity contribution in [2.24, 2.45) is 14.1 Å². The van der Waals surface area contributed by atoms with Gasteiger partial charge in [0, 0.05) is 25.7 Å². The predicted molar refractivity (Wildman–Crippen MR) is 125 cm³/mol. The van der Waals surface area contributed by atoms with E-state index in [0.29, 0.717) is 11.3 Å². The zero-order valence-electron chi connectivity index (χ0n) is 18.8. The van der Waals surface area contributed by atoms with E-state index in [0.717, 1.165) is 4.57 Å². The zero-order chi connectivity index (χ0) is 24.6. The highest BCUT2D eigenvalue weighted by Crippen LogP contribution is 2.45. The third kappa shape index (κ3) is 3.58. The summed E-state index contributed by atoms with van der Waals surface area (Å²) < 4.78 is 7.51. The number of nitrogens with one attached hydrogen (secondary N) is 1. The molecular formula is C24H22N4O6. The van der Waals surface area contributed by atoms with Crippen molar-refractivity contribution in [2.45, 2.75) is 12.8 Å². The minimum absolute atomic E-state index is 0.0432. The van der Waals surface area contributed by atoms with Crippen molar-refractivity contribution in [2.75, 3.05) is 11.9 Å². The Morgan fingerprint density at radius 2 is 1.71 bits per heavy atom. The van der Waals surface area contributed by atoms with Crippen LogP contribution in [0.25, 0.3) is 5.70 Å². The first-order valence-electron chi connectivity index (χ1n) is 10.5. The van der Waals surface area contributed by atoms with Crippen molar-refractivity contribution in [3.05, 3.63) is 108 Å². The second kappa shape index (κ2) is 8.81. The van der Waals surface area contributed by atoms with Gasteiger partial charge in [-0.05, 0) is 12.5 Å². The molecule has 1 aromatic heterocycles. The van der Waals surface area contributed by atoms with Gasteiger partial charge in [0.2, 0.25) is 0 Å². The molecule has 3 aromatic rings. The summed E-state index contributed by atoms with van der Waals surface area (Å²) in [5.74, 6) is -1.72. The maximum Gasteiger partial charge on any atom is 0.337 e. The average molecular weight is 462 g/mol. The van der Waals surface area contributed by atoms with Crippen molar-refractivity contribution in [3.8, 4) is 0 Å². The molecule has 1 atom stereocenters. The van der Waals surface area contributed by atoms with Crippen LogP contribution in [0.2, 0.25) is 0 Å². The number of nitrogens with zero attached hydrogens (tertiary/aromatic N) is 3. The standard InChI is InChI=1S/C24H22N4O6/c1-4-34-23(30)18-17(15-12-8-9-13-16(15)28(32)33)19-21(26(2)24(31)27(3)22(19)29)25-20(18)14-10-6-5-7-11-14/h5-13,17,25H,4H2,1-3H3. The summed E-state index contributed by atoms with van der Waals surface area (Å²) in [6, 6.07) is 14.8. The molecule has 34 heavy (non-hydrogen) atoms. The van der Waals surface area contributed by atoms with E-state index in [4.69, 9.17) is 4.74 Å². The van der Waals surface area contributed by atoms with Gasteiger partial charge in [-0.1, -0.05) is 48.5 Å². The molecule has 0 bridgehead atoms. The SMILES string of the molecule is CCOC(=O)C1=C(c2ccccc2)Nc2c(c(=O)n(C)c(=O)n2C)C1c1ccccc1[N+](=O)[O-]. The third-order valence-corrected chi connectivity index (χ3v) is 5.79. The molecule has 2 heterocycles. The van der Waals surface area contributed by atoms with Crippen molar-refractivity contribution in [1.82, 2.24) is 9.13 Å². The van der Waals surface area contributed by atoms with Gasteiger partial charge in [0.15, 0.2) is 0 Å². The van der Waals surface area contributed by atoms with E-state index < -0.39 is 28.1 Å².